The van der Waals surface area contributed by atoms with E-state index in [1.165, 1.54) is 0 Å². The lowest BCUT2D eigenvalue weighted by Gasteiger charge is -2.09. The Hall–Kier alpha value is -1.06. The van der Waals surface area contributed by atoms with E-state index in [0.717, 1.165) is 54.4 Å². The summed E-state index contributed by atoms with van der Waals surface area (Å²) in [5, 5.41) is 4.19. The van der Waals surface area contributed by atoms with Gasteiger partial charge >= 0.3 is 0 Å². The van der Waals surface area contributed by atoms with Crippen LogP contribution in [0.15, 0.2) is 18.2 Å². The first-order chi connectivity index (χ1) is 8.77. The molecule has 1 N–H and O–H groups in total. The van der Waals surface area contributed by atoms with Crippen molar-refractivity contribution in [3.05, 3.63) is 29.0 Å². The normalized spacial score (nSPS) is 11.3. The number of aromatic nitrogens is 2. The number of nitrogens with zero attached hydrogens (tertiary/aromatic N) is 2. The average molecular weight is 266 g/mol. The quantitative estimate of drug-likeness (QED) is 0.809. The van der Waals surface area contributed by atoms with Crippen molar-refractivity contribution in [1.82, 2.24) is 14.9 Å². The molecule has 4 heteroatoms. The minimum atomic E-state index is 0.787. The zero-order valence-electron chi connectivity index (χ0n) is 11.0. The summed E-state index contributed by atoms with van der Waals surface area (Å²) in [4.78, 5) is 4.68. The third-order valence-electron chi connectivity index (χ3n) is 2.95. The SMILES string of the molecule is CCCNCc1nc2cccc(Cl)c2n1CCC. The molecular weight excluding hydrogens is 246 g/mol. The Balaban J connectivity index is 2.38. The highest BCUT2D eigenvalue weighted by atomic mass is 35.5. The standard InChI is InChI=1S/C14H20ClN3/c1-3-8-16-10-13-17-12-7-5-6-11(15)14(12)18(13)9-4-2/h5-7,16H,3-4,8-10H2,1-2H3. The molecule has 18 heavy (non-hydrogen) atoms. The topological polar surface area (TPSA) is 29.9 Å². The lowest BCUT2D eigenvalue weighted by Crippen LogP contribution is -2.17. The number of hydrogen-bond acceptors (Lipinski definition) is 2. The summed E-state index contributed by atoms with van der Waals surface area (Å²) in [5.74, 6) is 1.08. The van der Waals surface area contributed by atoms with Gasteiger partial charge in [0, 0.05) is 6.54 Å². The molecule has 0 saturated heterocycles. The van der Waals surface area contributed by atoms with Gasteiger partial charge in [0.15, 0.2) is 0 Å². The minimum Gasteiger partial charge on any atom is -0.326 e. The average Bonchev–Trinajstić information content (AvgIpc) is 2.70. The fourth-order valence-electron chi connectivity index (χ4n) is 2.17. The molecule has 0 atom stereocenters. The van der Waals surface area contributed by atoms with Crippen LogP contribution < -0.4 is 5.32 Å². The van der Waals surface area contributed by atoms with Crippen LogP contribution in [0.5, 0.6) is 0 Å². The van der Waals surface area contributed by atoms with Crippen LogP contribution in [0.2, 0.25) is 5.02 Å². The van der Waals surface area contributed by atoms with Gasteiger partial charge in [0.2, 0.25) is 0 Å². The second-order valence-corrected chi connectivity index (χ2v) is 4.87. The summed E-state index contributed by atoms with van der Waals surface area (Å²) in [6.45, 7) is 7.12. The van der Waals surface area contributed by atoms with Gasteiger partial charge in [-0.1, -0.05) is 31.5 Å². The van der Waals surface area contributed by atoms with E-state index in [0.29, 0.717) is 0 Å². The monoisotopic (exact) mass is 265 g/mol. The van der Waals surface area contributed by atoms with E-state index in [1.54, 1.807) is 0 Å². The molecule has 2 aromatic rings. The lowest BCUT2D eigenvalue weighted by molar-refractivity contribution is 0.595. The highest BCUT2D eigenvalue weighted by Crippen LogP contribution is 2.24. The smallest absolute Gasteiger partial charge is 0.123 e. The number of fused-ring (bicyclic) bond motifs is 1. The third-order valence-corrected chi connectivity index (χ3v) is 3.26. The Labute approximate surface area is 113 Å². The fraction of sp³-hybridized carbons (Fsp3) is 0.500. The minimum absolute atomic E-state index is 0.787. The molecule has 0 bridgehead atoms. The molecule has 3 nitrogen and oxygen atoms in total. The van der Waals surface area contributed by atoms with Gasteiger partial charge in [0.1, 0.15) is 5.82 Å². The molecule has 1 heterocycles. The summed E-state index contributed by atoms with van der Waals surface area (Å²) in [6.07, 6.45) is 2.21. The van der Waals surface area contributed by atoms with Gasteiger partial charge in [0.05, 0.1) is 22.6 Å². The molecule has 0 saturated carbocycles. The second-order valence-electron chi connectivity index (χ2n) is 4.46. The number of aryl methyl sites for hydroxylation is 1. The van der Waals surface area contributed by atoms with Crippen LogP contribution in [0.25, 0.3) is 11.0 Å². The summed E-state index contributed by atoms with van der Waals surface area (Å²) in [5.41, 5.74) is 2.05. The fourth-order valence-corrected chi connectivity index (χ4v) is 2.44. The van der Waals surface area contributed by atoms with Crippen LogP contribution in [0.1, 0.15) is 32.5 Å². The first-order valence-electron chi connectivity index (χ1n) is 6.62. The van der Waals surface area contributed by atoms with Gasteiger partial charge in [-0.15, -0.1) is 0 Å². The van der Waals surface area contributed by atoms with Crippen molar-refractivity contribution in [2.45, 2.75) is 39.8 Å². The number of nitrogens with one attached hydrogen (secondary N) is 1. The Morgan fingerprint density at radius 1 is 1.28 bits per heavy atom. The van der Waals surface area contributed by atoms with Crippen LogP contribution in [-0.4, -0.2) is 16.1 Å². The molecule has 98 valence electrons. The van der Waals surface area contributed by atoms with Crippen molar-refractivity contribution < 1.29 is 0 Å². The zero-order valence-corrected chi connectivity index (χ0v) is 11.8. The number of hydrogen-bond donors (Lipinski definition) is 1. The largest absolute Gasteiger partial charge is 0.326 e. The van der Waals surface area contributed by atoms with E-state index in [-0.39, 0.29) is 0 Å². The Morgan fingerprint density at radius 2 is 2.11 bits per heavy atom. The van der Waals surface area contributed by atoms with Gasteiger partial charge in [-0.25, -0.2) is 4.98 Å². The third kappa shape index (κ3) is 2.68. The molecule has 0 unspecified atom stereocenters. The molecule has 0 aliphatic rings. The highest BCUT2D eigenvalue weighted by Gasteiger charge is 2.12. The van der Waals surface area contributed by atoms with Crippen LogP contribution in [0.3, 0.4) is 0 Å². The summed E-state index contributed by atoms with van der Waals surface area (Å²) >= 11 is 6.29. The van der Waals surface area contributed by atoms with Crippen LogP contribution in [0, 0.1) is 0 Å². The van der Waals surface area contributed by atoms with Gasteiger partial charge in [-0.2, -0.15) is 0 Å². The van der Waals surface area contributed by atoms with E-state index in [2.05, 4.69) is 28.7 Å². The first kappa shape index (κ1) is 13.4. The number of rotatable bonds is 6. The number of imidazole rings is 1. The van der Waals surface area contributed by atoms with Crippen LogP contribution in [0.4, 0.5) is 0 Å². The maximum atomic E-state index is 6.29. The number of para-hydroxylation sites is 1. The van der Waals surface area contributed by atoms with Gasteiger partial charge in [0.25, 0.3) is 0 Å². The molecule has 0 fully saturated rings. The van der Waals surface area contributed by atoms with Crippen molar-refractivity contribution in [2.75, 3.05) is 6.54 Å². The van der Waals surface area contributed by atoms with E-state index < -0.39 is 0 Å². The number of benzene rings is 1. The molecule has 2 rings (SSSR count). The Bertz CT molecular complexity index is 519. The van der Waals surface area contributed by atoms with Crippen molar-refractivity contribution >= 4 is 22.6 Å². The maximum Gasteiger partial charge on any atom is 0.123 e. The second kappa shape index (κ2) is 6.21. The molecular formula is C14H20ClN3. The number of halogens is 1. The lowest BCUT2D eigenvalue weighted by atomic mass is 10.3. The van der Waals surface area contributed by atoms with E-state index >= 15 is 0 Å². The van der Waals surface area contributed by atoms with Crippen molar-refractivity contribution in [3.8, 4) is 0 Å². The first-order valence-corrected chi connectivity index (χ1v) is 7.00. The van der Waals surface area contributed by atoms with Crippen LogP contribution >= 0.6 is 11.6 Å². The molecule has 0 aliphatic carbocycles. The van der Waals surface area contributed by atoms with E-state index in [1.807, 2.05) is 18.2 Å². The Kier molecular flexibility index (Phi) is 4.61. The van der Waals surface area contributed by atoms with E-state index in [4.69, 9.17) is 11.6 Å². The predicted molar refractivity (Wildman–Crippen MR) is 77.0 cm³/mol. The van der Waals surface area contributed by atoms with Crippen LogP contribution in [-0.2, 0) is 13.1 Å². The van der Waals surface area contributed by atoms with Gasteiger partial charge < -0.3 is 9.88 Å². The van der Waals surface area contributed by atoms with Crippen molar-refractivity contribution in [1.29, 1.82) is 0 Å². The maximum absolute atomic E-state index is 6.29. The summed E-state index contributed by atoms with van der Waals surface area (Å²) in [7, 11) is 0. The van der Waals surface area contributed by atoms with Gasteiger partial charge in [-0.3, -0.25) is 0 Å². The highest BCUT2D eigenvalue weighted by molar-refractivity contribution is 6.35. The molecule has 0 spiro atoms. The molecule has 0 aliphatic heterocycles. The van der Waals surface area contributed by atoms with Gasteiger partial charge in [-0.05, 0) is 31.5 Å². The molecule has 0 amide bonds. The van der Waals surface area contributed by atoms with Crippen molar-refractivity contribution in [2.24, 2.45) is 0 Å². The summed E-state index contributed by atoms with van der Waals surface area (Å²) in [6, 6.07) is 5.91. The molecule has 0 radical (unpaired) electrons. The zero-order chi connectivity index (χ0) is 13.0. The van der Waals surface area contributed by atoms with E-state index in [9.17, 15) is 0 Å². The Morgan fingerprint density at radius 3 is 2.83 bits per heavy atom. The molecule has 1 aromatic heterocycles. The predicted octanol–water partition coefficient (Wildman–Crippen LogP) is 3.60. The van der Waals surface area contributed by atoms with Crippen molar-refractivity contribution in [3.63, 3.8) is 0 Å². The molecule has 1 aromatic carbocycles. The summed E-state index contributed by atoms with van der Waals surface area (Å²) < 4.78 is 2.24.